The second kappa shape index (κ2) is 7.39. The van der Waals surface area contributed by atoms with E-state index in [2.05, 4.69) is 15.3 Å². The number of carbonyl (C=O) groups is 2. The largest absolute Gasteiger partial charge is 0.497 e. The van der Waals surface area contributed by atoms with Gasteiger partial charge in [-0.15, -0.1) is 0 Å². The van der Waals surface area contributed by atoms with Gasteiger partial charge in [0.15, 0.2) is 0 Å². The van der Waals surface area contributed by atoms with Crippen LogP contribution in [0.2, 0.25) is 0 Å². The predicted molar refractivity (Wildman–Crippen MR) is 105 cm³/mol. The molecule has 3 aromatic rings. The van der Waals surface area contributed by atoms with E-state index in [-0.39, 0.29) is 23.2 Å². The number of hydrogen-bond donors (Lipinski definition) is 3. The van der Waals surface area contributed by atoms with E-state index in [1.165, 1.54) is 27.2 Å². The number of carbonyl (C=O) groups excluding carboxylic acids is 2. The molecule has 0 saturated heterocycles. The zero-order valence-electron chi connectivity index (χ0n) is 15.6. The van der Waals surface area contributed by atoms with Crippen LogP contribution in [-0.4, -0.2) is 36.0 Å². The quantitative estimate of drug-likeness (QED) is 0.613. The lowest BCUT2D eigenvalue weighted by atomic mass is 10.0. The number of primary amides is 1. The average molecular weight is 381 g/mol. The third kappa shape index (κ3) is 3.37. The number of nitrogens with two attached hydrogens (primary N) is 2. The van der Waals surface area contributed by atoms with Crippen LogP contribution < -0.4 is 26.3 Å². The third-order valence-electron chi connectivity index (χ3n) is 4.10. The first kappa shape index (κ1) is 18.9. The van der Waals surface area contributed by atoms with Crippen LogP contribution in [0, 0.1) is 0 Å². The summed E-state index contributed by atoms with van der Waals surface area (Å²) in [5, 5.41) is 3.20. The summed E-state index contributed by atoms with van der Waals surface area (Å²) in [6.45, 7) is 1.39. The minimum atomic E-state index is -0.654. The Morgan fingerprint density at radius 3 is 2.43 bits per heavy atom. The Morgan fingerprint density at radius 1 is 1.07 bits per heavy atom. The number of nitrogens with zero attached hydrogens (tertiary/aromatic N) is 2. The molecule has 0 bridgehead atoms. The standard InChI is InChI=1S/C19H19N5O4/c1-9(25)22-14-8-10(27-2)4-5-11(14)16-15-13(23-19(21)24-16)7-6-12(18(20)26)17(15)28-3/h4-8H,1-3H3,(H2,20,26)(H,22,25)(H2,21,23,24). The highest BCUT2D eigenvalue weighted by atomic mass is 16.5. The van der Waals surface area contributed by atoms with Gasteiger partial charge >= 0.3 is 0 Å². The molecule has 2 amide bonds. The summed E-state index contributed by atoms with van der Waals surface area (Å²) in [6.07, 6.45) is 0. The van der Waals surface area contributed by atoms with Gasteiger partial charge in [0.2, 0.25) is 11.9 Å². The minimum Gasteiger partial charge on any atom is -0.497 e. The van der Waals surface area contributed by atoms with Gasteiger partial charge in [-0.05, 0) is 24.3 Å². The number of nitrogen functional groups attached to an aromatic ring is 1. The monoisotopic (exact) mass is 381 g/mol. The van der Waals surface area contributed by atoms with Gasteiger partial charge in [-0.1, -0.05) is 0 Å². The number of ether oxygens (including phenoxy) is 2. The van der Waals surface area contributed by atoms with E-state index < -0.39 is 5.91 Å². The van der Waals surface area contributed by atoms with E-state index in [9.17, 15) is 9.59 Å². The lowest BCUT2D eigenvalue weighted by Crippen LogP contribution is -2.13. The number of nitrogens with one attached hydrogen (secondary N) is 1. The highest BCUT2D eigenvalue weighted by Gasteiger charge is 2.21. The zero-order chi connectivity index (χ0) is 20.4. The Bertz CT molecular complexity index is 1100. The SMILES string of the molecule is COc1ccc(-c2nc(N)nc3ccc(C(N)=O)c(OC)c23)c(NC(C)=O)c1. The molecule has 9 heteroatoms. The third-order valence-corrected chi connectivity index (χ3v) is 4.10. The van der Waals surface area contributed by atoms with Gasteiger partial charge in [-0.3, -0.25) is 9.59 Å². The molecule has 0 spiro atoms. The molecule has 0 fully saturated rings. The Morgan fingerprint density at radius 2 is 1.82 bits per heavy atom. The van der Waals surface area contributed by atoms with Crippen molar-refractivity contribution < 1.29 is 19.1 Å². The van der Waals surface area contributed by atoms with Crippen molar-refractivity contribution in [2.45, 2.75) is 6.92 Å². The van der Waals surface area contributed by atoms with E-state index in [1.807, 2.05) is 0 Å². The number of benzene rings is 2. The molecule has 3 rings (SSSR count). The lowest BCUT2D eigenvalue weighted by Gasteiger charge is -2.16. The van der Waals surface area contributed by atoms with Crippen LogP contribution in [0.1, 0.15) is 17.3 Å². The Kier molecular flexibility index (Phi) is 4.99. The van der Waals surface area contributed by atoms with E-state index in [0.29, 0.717) is 33.6 Å². The summed E-state index contributed by atoms with van der Waals surface area (Å²) in [6, 6.07) is 8.23. The molecular formula is C19H19N5O4. The molecule has 0 aliphatic rings. The molecule has 28 heavy (non-hydrogen) atoms. The molecule has 0 saturated carbocycles. The summed E-state index contributed by atoms with van der Waals surface area (Å²) in [5.41, 5.74) is 13.4. The van der Waals surface area contributed by atoms with E-state index in [4.69, 9.17) is 20.9 Å². The van der Waals surface area contributed by atoms with Crippen LogP contribution in [0.5, 0.6) is 11.5 Å². The van der Waals surface area contributed by atoms with Crippen molar-refractivity contribution in [3.8, 4) is 22.8 Å². The number of anilines is 2. The number of rotatable bonds is 5. The van der Waals surface area contributed by atoms with Gasteiger partial charge in [0.1, 0.15) is 11.5 Å². The molecular weight excluding hydrogens is 362 g/mol. The maximum atomic E-state index is 11.8. The predicted octanol–water partition coefficient (Wildman–Crippen LogP) is 1.95. The normalized spacial score (nSPS) is 10.5. The Balaban J connectivity index is 2.41. The van der Waals surface area contributed by atoms with Crippen LogP contribution in [0.15, 0.2) is 30.3 Å². The van der Waals surface area contributed by atoms with Crippen molar-refractivity contribution in [3.63, 3.8) is 0 Å². The first-order chi connectivity index (χ1) is 13.3. The first-order valence-electron chi connectivity index (χ1n) is 8.25. The maximum absolute atomic E-state index is 11.8. The van der Waals surface area contributed by atoms with Crippen LogP contribution in [-0.2, 0) is 4.79 Å². The summed E-state index contributed by atoms with van der Waals surface area (Å²) < 4.78 is 10.7. The van der Waals surface area contributed by atoms with Crippen LogP contribution in [0.3, 0.4) is 0 Å². The zero-order valence-corrected chi connectivity index (χ0v) is 15.6. The fraction of sp³-hybridized carbons (Fsp3) is 0.158. The van der Waals surface area contributed by atoms with Crippen molar-refractivity contribution in [3.05, 3.63) is 35.9 Å². The van der Waals surface area contributed by atoms with Crippen LogP contribution >= 0.6 is 0 Å². The van der Waals surface area contributed by atoms with Crippen molar-refractivity contribution in [1.82, 2.24) is 9.97 Å². The van der Waals surface area contributed by atoms with Gasteiger partial charge in [-0.2, -0.15) is 0 Å². The van der Waals surface area contributed by atoms with Crippen LogP contribution in [0.4, 0.5) is 11.6 Å². The second-order valence-electron chi connectivity index (χ2n) is 5.93. The number of amides is 2. The highest BCUT2D eigenvalue weighted by molar-refractivity contribution is 6.08. The highest BCUT2D eigenvalue weighted by Crippen LogP contribution is 2.40. The fourth-order valence-corrected chi connectivity index (χ4v) is 2.96. The smallest absolute Gasteiger partial charge is 0.252 e. The molecule has 0 atom stereocenters. The van der Waals surface area contributed by atoms with Gasteiger partial charge in [0.25, 0.3) is 5.91 Å². The molecule has 1 aromatic heterocycles. The summed E-state index contributed by atoms with van der Waals surface area (Å²) in [7, 11) is 2.94. The average Bonchev–Trinajstić information content (AvgIpc) is 2.65. The van der Waals surface area contributed by atoms with E-state index in [0.717, 1.165) is 0 Å². The molecule has 9 nitrogen and oxygen atoms in total. The topological polar surface area (TPSA) is 142 Å². The van der Waals surface area contributed by atoms with Crippen molar-refractivity contribution in [1.29, 1.82) is 0 Å². The van der Waals surface area contributed by atoms with Crippen molar-refractivity contribution in [2.75, 3.05) is 25.3 Å². The molecule has 0 aliphatic heterocycles. The molecule has 0 unspecified atom stereocenters. The Labute approximate surface area is 160 Å². The molecule has 1 heterocycles. The first-order valence-corrected chi connectivity index (χ1v) is 8.25. The molecule has 144 valence electrons. The van der Waals surface area contributed by atoms with E-state index in [1.54, 1.807) is 24.3 Å². The van der Waals surface area contributed by atoms with Crippen molar-refractivity contribution in [2.24, 2.45) is 5.73 Å². The number of methoxy groups -OCH3 is 2. The van der Waals surface area contributed by atoms with Gasteiger partial charge in [-0.25, -0.2) is 9.97 Å². The number of hydrogen-bond acceptors (Lipinski definition) is 7. The van der Waals surface area contributed by atoms with E-state index >= 15 is 0 Å². The lowest BCUT2D eigenvalue weighted by molar-refractivity contribution is -0.114. The van der Waals surface area contributed by atoms with Crippen LogP contribution in [0.25, 0.3) is 22.2 Å². The molecule has 0 radical (unpaired) electrons. The summed E-state index contributed by atoms with van der Waals surface area (Å²) >= 11 is 0. The summed E-state index contributed by atoms with van der Waals surface area (Å²) in [5.74, 6) is -0.127. The fourth-order valence-electron chi connectivity index (χ4n) is 2.96. The second-order valence-corrected chi connectivity index (χ2v) is 5.93. The van der Waals surface area contributed by atoms with Gasteiger partial charge < -0.3 is 26.3 Å². The Hall–Kier alpha value is -3.88. The van der Waals surface area contributed by atoms with Gasteiger partial charge in [0.05, 0.1) is 42.1 Å². The molecule has 0 aliphatic carbocycles. The maximum Gasteiger partial charge on any atom is 0.252 e. The number of aromatic nitrogens is 2. The van der Waals surface area contributed by atoms with Crippen molar-refractivity contribution >= 4 is 34.4 Å². The molecule has 5 N–H and O–H groups in total. The molecule has 2 aromatic carbocycles. The number of fused-ring (bicyclic) bond motifs is 1. The minimum absolute atomic E-state index is 0.0287. The summed E-state index contributed by atoms with van der Waals surface area (Å²) in [4.78, 5) is 32.1. The van der Waals surface area contributed by atoms with Gasteiger partial charge in [0, 0.05) is 18.6 Å².